The molecule has 1 aliphatic rings. The van der Waals surface area contributed by atoms with Gasteiger partial charge in [0, 0.05) is 34.4 Å². The number of aromatic nitrogens is 1. The lowest BCUT2D eigenvalue weighted by molar-refractivity contribution is 0.274. The van der Waals surface area contributed by atoms with Crippen LogP contribution < -0.4 is 4.74 Å². The van der Waals surface area contributed by atoms with Crippen LogP contribution in [0.1, 0.15) is 41.9 Å². The van der Waals surface area contributed by atoms with Crippen LogP contribution in [-0.4, -0.2) is 61.7 Å². The molecule has 1 unspecified atom stereocenters. The summed E-state index contributed by atoms with van der Waals surface area (Å²) in [7, 11) is 3.97. The Hall–Kier alpha value is -3.51. The molecule has 0 N–H and O–H groups in total. The van der Waals surface area contributed by atoms with Crippen molar-refractivity contribution in [2.45, 2.75) is 25.2 Å². The molecule has 220 valence electrons. The minimum atomic E-state index is -0.0416. The van der Waals surface area contributed by atoms with Crippen LogP contribution in [-0.2, 0) is 0 Å². The van der Waals surface area contributed by atoms with Crippen molar-refractivity contribution in [2.24, 2.45) is 0 Å². The maximum Gasteiger partial charge on any atom is 0.217 e. The third-order valence-corrected chi connectivity index (χ3v) is 9.15. The highest BCUT2D eigenvalue weighted by Crippen LogP contribution is 2.43. The molecule has 2 heterocycles. The summed E-state index contributed by atoms with van der Waals surface area (Å²) in [5.41, 5.74) is 5.76. The fourth-order valence-corrected chi connectivity index (χ4v) is 6.73. The first-order chi connectivity index (χ1) is 21.1. The van der Waals surface area contributed by atoms with Crippen LogP contribution in [0.3, 0.4) is 0 Å². The highest BCUT2D eigenvalue weighted by molar-refractivity contribution is 9.10. The van der Waals surface area contributed by atoms with E-state index in [1.165, 1.54) is 47.0 Å². The van der Waals surface area contributed by atoms with Crippen molar-refractivity contribution in [1.82, 2.24) is 14.8 Å². The van der Waals surface area contributed by atoms with Crippen LogP contribution >= 0.6 is 15.9 Å². The summed E-state index contributed by atoms with van der Waals surface area (Å²) < 4.78 is 7.05. The largest absolute Gasteiger partial charge is 0.481 e. The Morgan fingerprint density at radius 1 is 0.860 bits per heavy atom. The first-order valence-corrected chi connectivity index (χ1v) is 16.2. The molecule has 0 spiro atoms. The van der Waals surface area contributed by atoms with Gasteiger partial charge in [-0.25, -0.2) is 4.98 Å². The summed E-state index contributed by atoms with van der Waals surface area (Å²) in [4.78, 5) is 10.1. The van der Waals surface area contributed by atoms with Gasteiger partial charge in [-0.05, 0) is 104 Å². The molecule has 0 bridgehead atoms. The van der Waals surface area contributed by atoms with E-state index >= 15 is 0 Å². The lowest BCUT2D eigenvalue weighted by Gasteiger charge is -2.25. The normalized spacial score (nSPS) is 15.9. The van der Waals surface area contributed by atoms with Crippen LogP contribution in [0.2, 0.25) is 0 Å². The van der Waals surface area contributed by atoms with Crippen molar-refractivity contribution in [2.75, 3.05) is 46.9 Å². The van der Waals surface area contributed by atoms with E-state index in [0.717, 1.165) is 53.4 Å². The van der Waals surface area contributed by atoms with Gasteiger partial charge < -0.3 is 14.5 Å². The molecule has 5 heteroatoms. The second kappa shape index (κ2) is 13.9. The molecule has 0 radical (unpaired) electrons. The van der Waals surface area contributed by atoms with Gasteiger partial charge in [0.25, 0.3) is 0 Å². The predicted octanol–water partition coefficient (Wildman–Crippen LogP) is 8.79. The zero-order chi connectivity index (χ0) is 29.6. The summed E-state index contributed by atoms with van der Waals surface area (Å²) in [6, 6.07) is 34.8. The lowest BCUT2D eigenvalue weighted by Crippen LogP contribution is -2.29. The molecule has 6 rings (SSSR count). The first kappa shape index (κ1) is 29.6. The molecule has 4 aromatic carbocycles. The standard InChI is InChI=1S/C38H40BrN3O/c1-41-20-10-22-42(24-23-41)21-9-8-15-34(31-17-16-28-11-6-7-14-30(28)25-31)37(29-12-4-3-5-13-29)35-27-32-26-33(39)18-19-36(32)40-38(35)43-2/h3-7,11-19,25-27,37H,8-10,20-24H2,1-2H3. The maximum atomic E-state index is 6.01. The topological polar surface area (TPSA) is 28.6 Å². The van der Waals surface area contributed by atoms with Crippen molar-refractivity contribution in [3.05, 3.63) is 124 Å². The molecular formula is C38H40BrN3O. The predicted molar refractivity (Wildman–Crippen MR) is 184 cm³/mol. The summed E-state index contributed by atoms with van der Waals surface area (Å²) in [5.74, 6) is 0.629. The number of ether oxygens (including phenoxy) is 1. The van der Waals surface area contributed by atoms with E-state index in [1.807, 2.05) is 12.1 Å². The number of benzene rings is 4. The van der Waals surface area contributed by atoms with Crippen LogP contribution in [0, 0.1) is 0 Å². The Morgan fingerprint density at radius 3 is 2.51 bits per heavy atom. The van der Waals surface area contributed by atoms with E-state index in [-0.39, 0.29) is 5.92 Å². The lowest BCUT2D eigenvalue weighted by atomic mass is 9.80. The van der Waals surface area contributed by atoms with Crippen molar-refractivity contribution in [3.63, 3.8) is 0 Å². The molecule has 1 aliphatic heterocycles. The highest BCUT2D eigenvalue weighted by Gasteiger charge is 2.26. The molecule has 1 saturated heterocycles. The van der Waals surface area contributed by atoms with Gasteiger partial charge in [-0.3, -0.25) is 0 Å². The Morgan fingerprint density at radius 2 is 1.67 bits per heavy atom. The third-order valence-electron chi connectivity index (χ3n) is 8.66. The van der Waals surface area contributed by atoms with Gasteiger partial charge >= 0.3 is 0 Å². The average molecular weight is 635 g/mol. The van der Waals surface area contributed by atoms with Gasteiger partial charge in [0.15, 0.2) is 0 Å². The summed E-state index contributed by atoms with van der Waals surface area (Å²) in [6.45, 7) is 5.81. The van der Waals surface area contributed by atoms with E-state index < -0.39 is 0 Å². The summed E-state index contributed by atoms with van der Waals surface area (Å²) in [5, 5.41) is 3.59. The smallest absolute Gasteiger partial charge is 0.217 e. The Bertz CT molecular complexity index is 1720. The van der Waals surface area contributed by atoms with Gasteiger partial charge in [-0.15, -0.1) is 0 Å². The second-order valence-corrected chi connectivity index (χ2v) is 12.5. The van der Waals surface area contributed by atoms with Gasteiger partial charge in [-0.2, -0.15) is 0 Å². The van der Waals surface area contributed by atoms with Crippen LogP contribution in [0.15, 0.2) is 108 Å². The number of methoxy groups -OCH3 is 1. The Labute approximate surface area is 264 Å². The number of hydrogen-bond acceptors (Lipinski definition) is 4. The maximum absolute atomic E-state index is 6.01. The number of likely N-dealkylation sites (N-methyl/N-ethyl adjacent to an activating group) is 1. The fraction of sp³-hybridized carbons (Fsp3) is 0.289. The average Bonchev–Trinajstić information content (AvgIpc) is 3.25. The molecule has 43 heavy (non-hydrogen) atoms. The molecule has 4 nitrogen and oxygen atoms in total. The number of hydrogen-bond donors (Lipinski definition) is 0. The second-order valence-electron chi connectivity index (χ2n) is 11.6. The molecule has 5 aromatic rings. The fourth-order valence-electron chi connectivity index (χ4n) is 6.36. The number of allylic oxidation sites excluding steroid dienone is 2. The minimum absolute atomic E-state index is 0.0416. The Kier molecular flexibility index (Phi) is 9.52. The van der Waals surface area contributed by atoms with Gasteiger partial charge in [0.05, 0.1) is 12.6 Å². The summed E-state index contributed by atoms with van der Waals surface area (Å²) >= 11 is 3.67. The first-order valence-electron chi connectivity index (χ1n) is 15.4. The molecular weight excluding hydrogens is 594 g/mol. The van der Waals surface area contributed by atoms with E-state index in [2.05, 4.69) is 124 Å². The molecule has 0 aliphatic carbocycles. The SMILES string of the molecule is COc1nc2ccc(Br)cc2cc1C(C(=CCCCN1CCCN(C)CC1)c1ccc2ccccc2c1)c1ccccc1. The zero-order valence-electron chi connectivity index (χ0n) is 25.2. The number of halogens is 1. The van der Waals surface area contributed by atoms with Crippen molar-refractivity contribution < 1.29 is 4.74 Å². The summed E-state index contributed by atoms with van der Waals surface area (Å²) in [6.07, 6.45) is 5.86. The quantitative estimate of drug-likeness (QED) is 0.152. The third kappa shape index (κ3) is 7.01. The van der Waals surface area contributed by atoms with Crippen LogP contribution in [0.25, 0.3) is 27.2 Å². The van der Waals surface area contributed by atoms with Crippen LogP contribution in [0.5, 0.6) is 5.88 Å². The number of pyridine rings is 1. The van der Waals surface area contributed by atoms with Gasteiger partial charge in [0.2, 0.25) is 5.88 Å². The molecule has 0 amide bonds. The number of rotatable bonds is 9. The molecule has 1 atom stereocenters. The van der Waals surface area contributed by atoms with Crippen LogP contribution in [0.4, 0.5) is 0 Å². The van der Waals surface area contributed by atoms with E-state index in [9.17, 15) is 0 Å². The van der Waals surface area contributed by atoms with Gasteiger partial charge in [0.1, 0.15) is 0 Å². The van der Waals surface area contributed by atoms with Gasteiger partial charge in [-0.1, -0.05) is 88.7 Å². The number of unbranched alkanes of at least 4 members (excludes halogenated alkanes) is 1. The Balaban J connectivity index is 1.45. The van der Waals surface area contributed by atoms with E-state index in [4.69, 9.17) is 9.72 Å². The van der Waals surface area contributed by atoms with Crippen molar-refractivity contribution in [3.8, 4) is 5.88 Å². The molecule has 1 fully saturated rings. The highest BCUT2D eigenvalue weighted by atomic mass is 79.9. The van der Waals surface area contributed by atoms with E-state index in [1.54, 1.807) is 7.11 Å². The van der Waals surface area contributed by atoms with Crippen molar-refractivity contribution in [1.29, 1.82) is 0 Å². The molecule has 1 aromatic heterocycles. The minimum Gasteiger partial charge on any atom is -0.481 e. The number of fused-ring (bicyclic) bond motifs is 2. The molecule has 0 saturated carbocycles. The zero-order valence-corrected chi connectivity index (χ0v) is 26.8. The van der Waals surface area contributed by atoms with Crippen molar-refractivity contribution >= 4 is 43.2 Å². The van der Waals surface area contributed by atoms with E-state index in [0.29, 0.717) is 5.88 Å². The monoisotopic (exact) mass is 633 g/mol. The number of nitrogens with zero attached hydrogens (tertiary/aromatic N) is 3.